The van der Waals surface area contributed by atoms with Crippen LogP contribution in [-0.4, -0.2) is 29.1 Å². The van der Waals surface area contributed by atoms with Crippen molar-refractivity contribution in [1.82, 2.24) is 10.2 Å². The van der Waals surface area contributed by atoms with Crippen LogP contribution in [0.25, 0.3) is 6.08 Å². The number of thiocarbonyl (C=S) groups is 1. The van der Waals surface area contributed by atoms with E-state index in [4.69, 9.17) is 21.7 Å². The Balaban J connectivity index is 1.55. The molecular formula is C25H24IN3O3S. The van der Waals surface area contributed by atoms with Gasteiger partial charge in [0.1, 0.15) is 12.3 Å². The fourth-order valence-corrected chi connectivity index (χ4v) is 5.38. The third-order valence-electron chi connectivity index (χ3n) is 5.92. The lowest BCUT2D eigenvalue weighted by Crippen LogP contribution is -2.41. The SMILES string of the molecule is COc1cc(/C=C2\NC(=S)N(C3CCCCC3)C2=O)cc(I)c1OCc1ccccc1C#N. The molecule has 2 aromatic rings. The standard InChI is InChI=1S/C25H24IN3O3S/c1-31-22-13-16(11-20(26)23(22)32-15-18-8-6-5-7-17(18)14-27)12-21-24(30)29(25(33)28-21)19-9-3-2-4-10-19/h5-8,11-13,19H,2-4,9-10,15H2,1H3,(H,28,33)/b21-12-. The second-order valence-electron chi connectivity index (χ2n) is 8.05. The highest BCUT2D eigenvalue weighted by atomic mass is 127. The second-order valence-corrected chi connectivity index (χ2v) is 9.60. The average molecular weight is 573 g/mol. The van der Waals surface area contributed by atoms with E-state index in [1.807, 2.05) is 30.3 Å². The minimum absolute atomic E-state index is 0.0747. The summed E-state index contributed by atoms with van der Waals surface area (Å²) >= 11 is 7.66. The number of amides is 1. The van der Waals surface area contributed by atoms with E-state index < -0.39 is 0 Å². The molecule has 1 aliphatic heterocycles. The van der Waals surface area contributed by atoms with Gasteiger partial charge in [-0.1, -0.05) is 37.5 Å². The van der Waals surface area contributed by atoms with Gasteiger partial charge in [0.2, 0.25) is 0 Å². The molecule has 2 aliphatic rings. The molecule has 0 spiro atoms. The Morgan fingerprint density at radius 1 is 1.27 bits per heavy atom. The zero-order valence-corrected chi connectivity index (χ0v) is 21.2. The van der Waals surface area contributed by atoms with Crippen molar-refractivity contribution < 1.29 is 14.3 Å². The quantitative estimate of drug-likeness (QED) is 0.293. The van der Waals surface area contributed by atoms with Gasteiger partial charge in [0.25, 0.3) is 5.91 Å². The Kier molecular flexibility index (Phi) is 7.50. The maximum Gasteiger partial charge on any atom is 0.276 e. The molecule has 0 bridgehead atoms. The van der Waals surface area contributed by atoms with Gasteiger partial charge in [0.05, 0.1) is 22.3 Å². The number of methoxy groups -OCH3 is 1. The first kappa shape index (κ1) is 23.5. The fraction of sp³-hybridized carbons (Fsp3) is 0.320. The molecule has 8 heteroatoms. The Labute approximate surface area is 212 Å². The summed E-state index contributed by atoms with van der Waals surface area (Å²) in [6.07, 6.45) is 7.27. The minimum Gasteiger partial charge on any atom is -0.493 e. The maximum absolute atomic E-state index is 13.1. The molecule has 0 atom stereocenters. The number of nitrogens with one attached hydrogen (secondary N) is 1. The molecule has 1 amide bonds. The van der Waals surface area contributed by atoms with Crippen LogP contribution in [0, 0.1) is 14.9 Å². The Morgan fingerprint density at radius 3 is 2.76 bits per heavy atom. The molecule has 2 fully saturated rings. The average Bonchev–Trinajstić information content (AvgIpc) is 3.11. The van der Waals surface area contributed by atoms with Crippen molar-refractivity contribution >= 4 is 51.9 Å². The molecule has 1 aliphatic carbocycles. The number of ether oxygens (including phenoxy) is 2. The molecule has 2 aromatic carbocycles. The summed E-state index contributed by atoms with van der Waals surface area (Å²) in [4.78, 5) is 14.8. The number of nitrogens with zero attached hydrogens (tertiary/aromatic N) is 2. The van der Waals surface area contributed by atoms with Crippen molar-refractivity contribution in [2.75, 3.05) is 7.11 Å². The van der Waals surface area contributed by atoms with E-state index in [2.05, 4.69) is 34.0 Å². The van der Waals surface area contributed by atoms with Crippen molar-refractivity contribution in [3.63, 3.8) is 0 Å². The van der Waals surface area contributed by atoms with Crippen molar-refractivity contribution in [3.05, 3.63) is 62.4 Å². The fourth-order valence-electron chi connectivity index (χ4n) is 4.25. The first-order valence-electron chi connectivity index (χ1n) is 10.9. The van der Waals surface area contributed by atoms with Gasteiger partial charge in [0.15, 0.2) is 16.6 Å². The molecule has 170 valence electrons. The Hall–Kier alpha value is -2.64. The van der Waals surface area contributed by atoms with Crippen molar-refractivity contribution in [2.45, 2.75) is 44.8 Å². The van der Waals surface area contributed by atoms with Crippen LogP contribution in [0.3, 0.4) is 0 Å². The molecule has 0 unspecified atom stereocenters. The molecule has 0 aromatic heterocycles. The summed E-state index contributed by atoms with van der Waals surface area (Å²) in [7, 11) is 1.58. The molecular weight excluding hydrogens is 549 g/mol. The summed E-state index contributed by atoms with van der Waals surface area (Å²) in [5, 5.41) is 12.9. The summed E-state index contributed by atoms with van der Waals surface area (Å²) in [5.41, 5.74) is 2.67. The summed E-state index contributed by atoms with van der Waals surface area (Å²) in [5.74, 6) is 1.08. The van der Waals surface area contributed by atoms with Crippen LogP contribution in [0.1, 0.15) is 48.8 Å². The molecule has 0 radical (unpaired) electrons. The topological polar surface area (TPSA) is 74.6 Å². The van der Waals surface area contributed by atoms with Crippen LogP contribution in [0.4, 0.5) is 0 Å². The first-order valence-corrected chi connectivity index (χ1v) is 12.3. The maximum atomic E-state index is 13.1. The van der Waals surface area contributed by atoms with E-state index in [1.54, 1.807) is 24.2 Å². The van der Waals surface area contributed by atoms with Crippen molar-refractivity contribution in [2.24, 2.45) is 0 Å². The molecule has 1 heterocycles. The number of hydrogen-bond acceptors (Lipinski definition) is 5. The van der Waals surface area contributed by atoms with E-state index >= 15 is 0 Å². The lowest BCUT2D eigenvalue weighted by Gasteiger charge is -2.29. The number of carbonyl (C=O) groups excluding carboxylic acids is 1. The monoisotopic (exact) mass is 573 g/mol. The third-order valence-corrected chi connectivity index (χ3v) is 7.02. The normalized spacial score (nSPS) is 17.7. The summed E-state index contributed by atoms with van der Waals surface area (Å²) in [6.45, 7) is 0.251. The van der Waals surface area contributed by atoms with Gasteiger partial charge in [-0.05, 0) is 77.5 Å². The van der Waals surface area contributed by atoms with Crippen LogP contribution in [0.15, 0.2) is 42.1 Å². The smallest absolute Gasteiger partial charge is 0.276 e. The number of hydrogen-bond donors (Lipinski definition) is 1. The van der Waals surface area contributed by atoms with E-state index in [0.29, 0.717) is 27.9 Å². The van der Waals surface area contributed by atoms with E-state index in [1.165, 1.54) is 6.42 Å². The zero-order chi connectivity index (χ0) is 23.4. The number of carbonyl (C=O) groups is 1. The van der Waals surface area contributed by atoms with E-state index in [9.17, 15) is 10.1 Å². The first-order chi connectivity index (χ1) is 16.0. The van der Waals surface area contributed by atoms with Gasteiger partial charge in [0, 0.05) is 11.6 Å². The van der Waals surface area contributed by atoms with Gasteiger partial charge in [-0.2, -0.15) is 5.26 Å². The lowest BCUT2D eigenvalue weighted by atomic mass is 9.94. The predicted octanol–water partition coefficient (Wildman–Crippen LogP) is 5.14. The highest BCUT2D eigenvalue weighted by molar-refractivity contribution is 14.1. The molecule has 1 saturated heterocycles. The minimum atomic E-state index is -0.0747. The van der Waals surface area contributed by atoms with Crippen LogP contribution in [-0.2, 0) is 11.4 Å². The molecule has 4 rings (SSSR count). The Bertz CT molecular complexity index is 1150. The number of benzene rings is 2. The van der Waals surface area contributed by atoms with Crippen LogP contribution in [0.5, 0.6) is 11.5 Å². The predicted molar refractivity (Wildman–Crippen MR) is 139 cm³/mol. The molecule has 1 saturated carbocycles. The van der Waals surface area contributed by atoms with Gasteiger partial charge in [-0.25, -0.2) is 0 Å². The van der Waals surface area contributed by atoms with Crippen molar-refractivity contribution in [3.8, 4) is 17.6 Å². The number of rotatable bonds is 6. The van der Waals surface area contributed by atoms with E-state index in [0.717, 1.165) is 40.4 Å². The molecule has 33 heavy (non-hydrogen) atoms. The molecule has 6 nitrogen and oxygen atoms in total. The zero-order valence-electron chi connectivity index (χ0n) is 18.3. The van der Waals surface area contributed by atoms with Crippen LogP contribution >= 0.6 is 34.8 Å². The highest BCUT2D eigenvalue weighted by Gasteiger charge is 2.36. The van der Waals surface area contributed by atoms with Crippen molar-refractivity contribution in [1.29, 1.82) is 5.26 Å². The molecule has 1 N–H and O–H groups in total. The van der Waals surface area contributed by atoms with Gasteiger partial charge < -0.3 is 14.8 Å². The second kappa shape index (κ2) is 10.5. The summed E-state index contributed by atoms with van der Waals surface area (Å²) < 4.78 is 12.4. The van der Waals surface area contributed by atoms with Gasteiger partial charge in [-0.3, -0.25) is 9.69 Å². The van der Waals surface area contributed by atoms with E-state index in [-0.39, 0.29) is 18.6 Å². The third kappa shape index (κ3) is 5.14. The van der Waals surface area contributed by atoms with Gasteiger partial charge >= 0.3 is 0 Å². The number of halogens is 1. The highest BCUT2D eigenvalue weighted by Crippen LogP contribution is 2.36. The van der Waals surface area contributed by atoms with Crippen LogP contribution in [0.2, 0.25) is 0 Å². The number of nitriles is 1. The largest absolute Gasteiger partial charge is 0.493 e. The van der Waals surface area contributed by atoms with Crippen LogP contribution < -0.4 is 14.8 Å². The Morgan fingerprint density at radius 2 is 2.03 bits per heavy atom. The van der Waals surface area contributed by atoms with Gasteiger partial charge in [-0.15, -0.1) is 0 Å². The lowest BCUT2D eigenvalue weighted by molar-refractivity contribution is -0.124. The summed E-state index contributed by atoms with van der Waals surface area (Å²) in [6, 6.07) is 13.5.